The summed E-state index contributed by atoms with van der Waals surface area (Å²) >= 11 is 0. The number of aromatic amines is 1. The van der Waals surface area contributed by atoms with Crippen LogP contribution in [0.25, 0.3) is 22.0 Å². The molecular formula is C12H10N4. The first kappa shape index (κ1) is 8.91. The topological polar surface area (TPSA) is 67.6 Å². The number of pyridine rings is 1. The Balaban J connectivity index is 2.14. The summed E-state index contributed by atoms with van der Waals surface area (Å²) in [5, 5.41) is 8.04. The molecular weight excluding hydrogens is 200 g/mol. The lowest BCUT2D eigenvalue weighted by atomic mass is 10.1. The predicted octanol–water partition coefficient (Wildman–Crippen LogP) is 2.21. The highest BCUT2D eigenvalue weighted by molar-refractivity contribution is 5.83. The number of H-pyrrole nitrogens is 1. The van der Waals surface area contributed by atoms with Crippen molar-refractivity contribution < 1.29 is 0 Å². The Labute approximate surface area is 92.1 Å². The van der Waals surface area contributed by atoms with Crippen molar-refractivity contribution in [1.82, 2.24) is 15.2 Å². The van der Waals surface area contributed by atoms with Crippen molar-refractivity contribution in [2.24, 2.45) is 0 Å². The van der Waals surface area contributed by atoms with Crippen LogP contribution in [0, 0.1) is 0 Å². The summed E-state index contributed by atoms with van der Waals surface area (Å²) in [6.07, 6.45) is 3.58. The van der Waals surface area contributed by atoms with Crippen molar-refractivity contribution in [3.05, 3.63) is 42.7 Å². The summed E-state index contributed by atoms with van der Waals surface area (Å²) in [6.45, 7) is 0. The molecule has 3 N–H and O–H groups in total. The summed E-state index contributed by atoms with van der Waals surface area (Å²) in [4.78, 5) is 4.08. The molecule has 0 spiro atoms. The van der Waals surface area contributed by atoms with Crippen molar-refractivity contribution in [2.75, 3.05) is 5.73 Å². The Morgan fingerprint density at radius 1 is 1.00 bits per heavy atom. The van der Waals surface area contributed by atoms with E-state index in [0.29, 0.717) is 5.82 Å². The largest absolute Gasteiger partial charge is 0.384 e. The Hall–Kier alpha value is -2.36. The van der Waals surface area contributed by atoms with E-state index < -0.39 is 0 Å². The van der Waals surface area contributed by atoms with Crippen molar-refractivity contribution in [1.29, 1.82) is 0 Å². The second kappa shape index (κ2) is 3.34. The van der Waals surface area contributed by atoms with Gasteiger partial charge in [-0.2, -0.15) is 5.10 Å². The van der Waals surface area contributed by atoms with Crippen LogP contribution in [0.15, 0.2) is 42.7 Å². The second-order valence-electron chi connectivity index (χ2n) is 3.64. The fourth-order valence-corrected chi connectivity index (χ4v) is 1.69. The van der Waals surface area contributed by atoms with Crippen molar-refractivity contribution in [3.63, 3.8) is 0 Å². The average molecular weight is 210 g/mol. The Bertz CT molecular complexity index is 625. The number of anilines is 1. The standard InChI is InChI=1S/C12H10N4/c13-12-4-3-9(6-14-12)8-1-2-10-7-15-16-11(10)5-8/h1-7H,(H2,13,14)(H,15,16). The van der Waals surface area contributed by atoms with E-state index in [9.17, 15) is 0 Å². The minimum atomic E-state index is 0.534. The van der Waals surface area contributed by atoms with Crippen LogP contribution in [-0.4, -0.2) is 15.2 Å². The van der Waals surface area contributed by atoms with Crippen LogP contribution in [0.5, 0.6) is 0 Å². The van der Waals surface area contributed by atoms with Gasteiger partial charge >= 0.3 is 0 Å². The Morgan fingerprint density at radius 3 is 2.69 bits per heavy atom. The first-order valence-corrected chi connectivity index (χ1v) is 4.98. The number of fused-ring (bicyclic) bond motifs is 1. The lowest BCUT2D eigenvalue weighted by molar-refractivity contribution is 1.12. The molecule has 4 heteroatoms. The van der Waals surface area contributed by atoms with Gasteiger partial charge in [-0.3, -0.25) is 5.10 Å². The summed E-state index contributed by atoms with van der Waals surface area (Å²) in [7, 11) is 0. The zero-order valence-electron chi connectivity index (χ0n) is 8.51. The maximum atomic E-state index is 5.55. The molecule has 3 aromatic rings. The number of benzene rings is 1. The summed E-state index contributed by atoms with van der Waals surface area (Å²) in [5.74, 6) is 0.534. The van der Waals surface area contributed by atoms with Crippen LogP contribution in [0.4, 0.5) is 5.82 Å². The molecule has 16 heavy (non-hydrogen) atoms. The lowest BCUT2D eigenvalue weighted by Gasteiger charge is -2.01. The summed E-state index contributed by atoms with van der Waals surface area (Å²) in [6, 6.07) is 9.89. The number of nitrogens with one attached hydrogen (secondary N) is 1. The van der Waals surface area contributed by atoms with E-state index in [1.54, 1.807) is 18.5 Å². The second-order valence-corrected chi connectivity index (χ2v) is 3.64. The zero-order chi connectivity index (χ0) is 11.0. The van der Waals surface area contributed by atoms with E-state index in [1.807, 2.05) is 18.2 Å². The van der Waals surface area contributed by atoms with Crippen LogP contribution in [0.1, 0.15) is 0 Å². The SMILES string of the molecule is Nc1ccc(-c2ccc3cn[nH]c3c2)cn1. The van der Waals surface area contributed by atoms with Gasteiger partial charge in [-0.05, 0) is 23.8 Å². The van der Waals surface area contributed by atoms with Gasteiger partial charge in [0.15, 0.2) is 0 Å². The van der Waals surface area contributed by atoms with Gasteiger partial charge in [0.25, 0.3) is 0 Å². The number of nitrogens with zero attached hydrogens (tertiary/aromatic N) is 2. The minimum Gasteiger partial charge on any atom is -0.384 e. The van der Waals surface area contributed by atoms with Crippen molar-refractivity contribution in [3.8, 4) is 11.1 Å². The lowest BCUT2D eigenvalue weighted by Crippen LogP contribution is -1.88. The molecule has 0 aliphatic carbocycles. The maximum absolute atomic E-state index is 5.55. The van der Waals surface area contributed by atoms with Crippen LogP contribution in [-0.2, 0) is 0 Å². The van der Waals surface area contributed by atoms with Gasteiger partial charge in [0.2, 0.25) is 0 Å². The number of rotatable bonds is 1. The highest BCUT2D eigenvalue weighted by atomic mass is 15.1. The van der Waals surface area contributed by atoms with Crippen LogP contribution in [0.2, 0.25) is 0 Å². The molecule has 0 saturated carbocycles. The Morgan fingerprint density at radius 2 is 1.88 bits per heavy atom. The van der Waals surface area contributed by atoms with Crippen LogP contribution >= 0.6 is 0 Å². The molecule has 0 radical (unpaired) electrons. The zero-order valence-corrected chi connectivity index (χ0v) is 8.51. The number of nitrogens with two attached hydrogens (primary N) is 1. The molecule has 0 amide bonds. The third kappa shape index (κ3) is 1.40. The fourth-order valence-electron chi connectivity index (χ4n) is 1.69. The van der Waals surface area contributed by atoms with Crippen LogP contribution < -0.4 is 5.73 Å². The molecule has 2 aromatic heterocycles. The highest BCUT2D eigenvalue weighted by Gasteiger charge is 2.01. The fraction of sp³-hybridized carbons (Fsp3) is 0. The molecule has 0 atom stereocenters. The molecule has 0 fully saturated rings. The molecule has 3 rings (SSSR count). The molecule has 78 valence electrons. The number of nitrogen functional groups attached to an aromatic ring is 1. The number of hydrogen-bond acceptors (Lipinski definition) is 3. The molecule has 2 heterocycles. The third-order valence-electron chi connectivity index (χ3n) is 2.56. The van der Waals surface area contributed by atoms with Crippen LogP contribution in [0.3, 0.4) is 0 Å². The monoisotopic (exact) mass is 210 g/mol. The molecule has 1 aromatic carbocycles. The Kier molecular flexibility index (Phi) is 1.86. The predicted molar refractivity (Wildman–Crippen MR) is 63.7 cm³/mol. The van der Waals surface area contributed by atoms with Gasteiger partial charge in [-0.15, -0.1) is 0 Å². The normalized spacial score (nSPS) is 10.8. The molecule has 0 aliphatic heterocycles. The van der Waals surface area contributed by atoms with Gasteiger partial charge < -0.3 is 5.73 Å². The van der Waals surface area contributed by atoms with E-state index in [1.165, 1.54) is 0 Å². The van der Waals surface area contributed by atoms with E-state index in [2.05, 4.69) is 21.2 Å². The first-order chi connectivity index (χ1) is 7.83. The molecule has 4 nitrogen and oxygen atoms in total. The summed E-state index contributed by atoms with van der Waals surface area (Å²) in [5.41, 5.74) is 8.72. The smallest absolute Gasteiger partial charge is 0.123 e. The van der Waals surface area contributed by atoms with Crippen molar-refractivity contribution in [2.45, 2.75) is 0 Å². The van der Waals surface area contributed by atoms with Gasteiger partial charge in [0.05, 0.1) is 11.7 Å². The van der Waals surface area contributed by atoms with Gasteiger partial charge in [-0.25, -0.2) is 4.98 Å². The minimum absolute atomic E-state index is 0.534. The summed E-state index contributed by atoms with van der Waals surface area (Å²) < 4.78 is 0. The third-order valence-corrected chi connectivity index (χ3v) is 2.56. The van der Waals surface area contributed by atoms with E-state index >= 15 is 0 Å². The molecule has 0 saturated heterocycles. The van der Waals surface area contributed by atoms with E-state index in [-0.39, 0.29) is 0 Å². The van der Waals surface area contributed by atoms with Gasteiger partial charge in [-0.1, -0.05) is 12.1 Å². The molecule has 0 aliphatic rings. The quantitative estimate of drug-likeness (QED) is 0.647. The van der Waals surface area contributed by atoms with Gasteiger partial charge in [0.1, 0.15) is 5.82 Å². The van der Waals surface area contributed by atoms with E-state index in [0.717, 1.165) is 22.0 Å². The molecule has 0 bridgehead atoms. The number of hydrogen-bond donors (Lipinski definition) is 2. The van der Waals surface area contributed by atoms with Crippen molar-refractivity contribution >= 4 is 16.7 Å². The first-order valence-electron chi connectivity index (χ1n) is 4.98. The molecule has 0 unspecified atom stereocenters. The van der Waals surface area contributed by atoms with Gasteiger partial charge in [0, 0.05) is 17.1 Å². The average Bonchev–Trinajstić information content (AvgIpc) is 2.77. The maximum Gasteiger partial charge on any atom is 0.123 e. The van der Waals surface area contributed by atoms with E-state index in [4.69, 9.17) is 5.73 Å². The highest BCUT2D eigenvalue weighted by Crippen LogP contribution is 2.22. The number of aromatic nitrogens is 3.